The number of benzene rings is 1. The smallest absolute Gasteiger partial charge is 0.288 e. The van der Waals surface area contributed by atoms with Gasteiger partial charge in [-0.15, -0.1) is 0 Å². The molecule has 2 N–H and O–H groups in total. The molecule has 0 aliphatic carbocycles. The summed E-state index contributed by atoms with van der Waals surface area (Å²) in [4.78, 5) is 11.9. The highest BCUT2D eigenvalue weighted by molar-refractivity contribution is 7.92. The lowest BCUT2D eigenvalue weighted by molar-refractivity contribution is 0.355. The number of aromatic amines is 1. The van der Waals surface area contributed by atoms with E-state index < -0.39 is 15.6 Å². The predicted molar refractivity (Wildman–Crippen MR) is 95.5 cm³/mol. The Balaban J connectivity index is 2.02. The zero-order valence-electron chi connectivity index (χ0n) is 14.4. The van der Waals surface area contributed by atoms with Crippen molar-refractivity contribution in [2.24, 2.45) is 0 Å². The molecule has 0 spiro atoms. The third kappa shape index (κ3) is 3.10. The molecule has 1 aromatic carbocycles. The van der Waals surface area contributed by atoms with Gasteiger partial charge in [0.25, 0.3) is 15.6 Å². The van der Waals surface area contributed by atoms with Crippen molar-refractivity contribution in [3.05, 3.63) is 46.6 Å². The fraction of sp³-hybridized carbons (Fsp3) is 0.250. The molecule has 0 saturated heterocycles. The average molecular weight is 378 g/mol. The number of hydrogen-bond donors (Lipinski definition) is 2. The lowest BCUT2D eigenvalue weighted by Crippen LogP contribution is -2.14. The molecule has 9 nitrogen and oxygen atoms in total. The lowest BCUT2D eigenvalue weighted by Gasteiger charge is -2.11. The Morgan fingerprint density at radius 2 is 1.92 bits per heavy atom. The van der Waals surface area contributed by atoms with Crippen LogP contribution in [0.15, 0.2) is 40.2 Å². The minimum atomic E-state index is -3.91. The number of methoxy groups -OCH3 is 2. The zero-order valence-corrected chi connectivity index (χ0v) is 15.3. The number of ether oxygens (including phenoxy) is 2. The van der Waals surface area contributed by atoms with Gasteiger partial charge in [0.2, 0.25) is 0 Å². The summed E-state index contributed by atoms with van der Waals surface area (Å²) in [7, 11) is -0.957. The normalized spacial score (nSPS) is 11.5. The van der Waals surface area contributed by atoms with E-state index in [2.05, 4.69) is 14.9 Å². The summed E-state index contributed by atoms with van der Waals surface area (Å²) in [6.07, 6.45) is 1.91. The predicted octanol–water partition coefficient (Wildman–Crippen LogP) is 1.40. The Morgan fingerprint density at radius 3 is 2.58 bits per heavy atom. The minimum Gasteiger partial charge on any atom is -0.493 e. The van der Waals surface area contributed by atoms with Crippen LogP contribution in [0.4, 0.5) is 5.69 Å². The molecule has 26 heavy (non-hydrogen) atoms. The molecule has 10 heteroatoms. The van der Waals surface area contributed by atoms with Gasteiger partial charge in [0.15, 0.2) is 11.5 Å². The molecule has 0 radical (unpaired) electrons. The molecule has 0 unspecified atom stereocenters. The molecule has 0 aliphatic heterocycles. The summed E-state index contributed by atoms with van der Waals surface area (Å²) in [6.45, 7) is 1.86. The number of sulfonamides is 1. The van der Waals surface area contributed by atoms with Crippen molar-refractivity contribution in [1.82, 2.24) is 14.6 Å². The van der Waals surface area contributed by atoms with Crippen LogP contribution in [0.2, 0.25) is 0 Å². The Kier molecular flexibility index (Phi) is 4.60. The summed E-state index contributed by atoms with van der Waals surface area (Å²) in [6, 6.07) is 5.97. The van der Waals surface area contributed by atoms with Crippen LogP contribution in [0.3, 0.4) is 0 Å². The highest BCUT2D eigenvalue weighted by atomic mass is 32.2. The van der Waals surface area contributed by atoms with E-state index in [1.807, 2.05) is 6.92 Å². The van der Waals surface area contributed by atoms with E-state index in [1.54, 1.807) is 12.1 Å². The van der Waals surface area contributed by atoms with Crippen LogP contribution in [0.25, 0.3) is 5.52 Å². The van der Waals surface area contributed by atoms with Crippen LogP contribution in [-0.4, -0.2) is 37.2 Å². The first kappa shape index (κ1) is 17.8. The molecule has 138 valence electrons. The number of nitrogens with one attached hydrogen (secondary N) is 2. The topological polar surface area (TPSA) is 115 Å². The molecular weight excluding hydrogens is 360 g/mol. The molecule has 3 aromatic rings. The van der Waals surface area contributed by atoms with Gasteiger partial charge >= 0.3 is 0 Å². The van der Waals surface area contributed by atoms with Gasteiger partial charge in [0.05, 0.1) is 19.9 Å². The maximum atomic E-state index is 12.7. The van der Waals surface area contributed by atoms with Crippen molar-refractivity contribution in [3.63, 3.8) is 0 Å². The second-order valence-electron chi connectivity index (χ2n) is 5.43. The van der Waals surface area contributed by atoms with E-state index in [0.29, 0.717) is 29.4 Å². The molecule has 0 saturated carbocycles. The van der Waals surface area contributed by atoms with Gasteiger partial charge in [-0.1, -0.05) is 6.92 Å². The van der Waals surface area contributed by atoms with Crippen LogP contribution in [0.1, 0.15) is 12.7 Å². The summed E-state index contributed by atoms with van der Waals surface area (Å²) in [5, 5.41) is 6.29. The summed E-state index contributed by atoms with van der Waals surface area (Å²) >= 11 is 0. The number of aryl methyl sites for hydroxylation is 1. The maximum Gasteiger partial charge on any atom is 0.288 e. The van der Waals surface area contributed by atoms with Gasteiger partial charge in [-0.05, 0) is 18.2 Å². The minimum absolute atomic E-state index is 0.0412. The van der Waals surface area contributed by atoms with Crippen molar-refractivity contribution in [2.45, 2.75) is 18.2 Å². The standard InChI is InChI=1S/C16H18N4O5S/c1-4-15-17-18-16(21)12-8-11(9-20(12)15)26(22,23)19-10-5-6-13(24-2)14(7-10)25-3/h5-9,19H,4H2,1-3H3,(H,18,21). The van der Waals surface area contributed by atoms with Gasteiger partial charge < -0.3 is 9.47 Å². The molecule has 0 atom stereocenters. The number of H-pyrrole nitrogens is 1. The van der Waals surface area contributed by atoms with E-state index in [4.69, 9.17) is 9.47 Å². The van der Waals surface area contributed by atoms with Gasteiger partial charge in [0, 0.05) is 18.7 Å². The van der Waals surface area contributed by atoms with Crippen molar-refractivity contribution < 1.29 is 17.9 Å². The lowest BCUT2D eigenvalue weighted by atomic mass is 10.3. The molecule has 0 aliphatic rings. The SMILES string of the molecule is CCc1n[nH]c(=O)c2cc(S(=O)(=O)Nc3ccc(OC)c(OC)c3)cn12. The summed E-state index contributed by atoms with van der Waals surface area (Å²) in [5.41, 5.74) is 0.0555. The molecule has 2 heterocycles. The van der Waals surface area contributed by atoms with Crippen LogP contribution in [0.5, 0.6) is 11.5 Å². The van der Waals surface area contributed by atoms with Crippen molar-refractivity contribution >= 4 is 21.2 Å². The Labute approximate surface area is 149 Å². The zero-order chi connectivity index (χ0) is 18.9. The average Bonchev–Trinajstić information content (AvgIpc) is 3.09. The van der Waals surface area contributed by atoms with E-state index >= 15 is 0 Å². The first-order valence-corrected chi connectivity index (χ1v) is 9.22. The van der Waals surface area contributed by atoms with Gasteiger partial charge in [-0.25, -0.2) is 13.5 Å². The summed E-state index contributed by atoms with van der Waals surface area (Å²) < 4.78 is 39.7. The van der Waals surface area contributed by atoms with E-state index in [1.165, 1.54) is 36.9 Å². The highest BCUT2D eigenvalue weighted by Crippen LogP contribution is 2.30. The van der Waals surface area contributed by atoms with Crippen molar-refractivity contribution in [3.8, 4) is 11.5 Å². The highest BCUT2D eigenvalue weighted by Gasteiger charge is 2.19. The fourth-order valence-corrected chi connectivity index (χ4v) is 3.63. The number of nitrogens with zero attached hydrogens (tertiary/aromatic N) is 2. The van der Waals surface area contributed by atoms with Crippen molar-refractivity contribution in [2.75, 3.05) is 18.9 Å². The second kappa shape index (κ2) is 6.71. The Hall–Kier alpha value is -3.01. The molecular formula is C16H18N4O5S. The number of anilines is 1. The van der Waals surface area contributed by atoms with Crippen LogP contribution >= 0.6 is 0 Å². The van der Waals surface area contributed by atoms with E-state index in [9.17, 15) is 13.2 Å². The summed E-state index contributed by atoms with van der Waals surface area (Å²) in [5.74, 6) is 1.42. The van der Waals surface area contributed by atoms with Crippen LogP contribution in [0, 0.1) is 0 Å². The Morgan fingerprint density at radius 1 is 1.19 bits per heavy atom. The number of rotatable bonds is 6. The Bertz CT molecular complexity index is 1120. The van der Waals surface area contributed by atoms with E-state index in [-0.39, 0.29) is 10.4 Å². The quantitative estimate of drug-likeness (QED) is 0.670. The van der Waals surface area contributed by atoms with Crippen LogP contribution in [-0.2, 0) is 16.4 Å². The monoisotopic (exact) mass is 378 g/mol. The number of fused-ring (bicyclic) bond motifs is 1. The fourth-order valence-electron chi connectivity index (χ4n) is 2.56. The first-order chi connectivity index (χ1) is 12.4. The molecule has 3 rings (SSSR count). The van der Waals surface area contributed by atoms with Gasteiger partial charge in [-0.2, -0.15) is 5.10 Å². The molecule has 0 fully saturated rings. The largest absolute Gasteiger partial charge is 0.493 e. The number of hydrogen-bond acceptors (Lipinski definition) is 6. The van der Waals surface area contributed by atoms with Gasteiger partial charge in [0.1, 0.15) is 16.2 Å². The second-order valence-corrected chi connectivity index (χ2v) is 7.11. The van der Waals surface area contributed by atoms with Crippen molar-refractivity contribution in [1.29, 1.82) is 0 Å². The molecule has 0 amide bonds. The van der Waals surface area contributed by atoms with Gasteiger partial charge in [-0.3, -0.25) is 13.9 Å². The number of aromatic nitrogens is 3. The maximum absolute atomic E-state index is 12.7. The van der Waals surface area contributed by atoms with E-state index in [0.717, 1.165) is 0 Å². The third-order valence-electron chi connectivity index (χ3n) is 3.85. The molecule has 0 bridgehead atoms. The third-order valence-corrected chi connectivity index (χ3v) is 5.20. The van der Waals surface area contributed by atoms with Crippen LogP contribution < -0.4 is 19.8 Å². The molecule has 2 aromatic heterocycles. The first-order valence-electron chi connectivity index (χ1n) is 7.74.